The Balaban J connectivity index is 1.46. The first-order valence-electron chi connectivity index (χ1n) is 14.0. The summed E-state index contributed by atoms with van der Waals surface area (Å²) in [6.07, 6.45) is 13.1. The van der Waals surface area contributed by atoms with Crippen molar-refractivity contribution in [2.24, 2.45) is 17.8 Å². The van der Waals surface area contributed by atoms with Crippen molar-refractivity contribution in [1.82, 2.24) is 10.2 Å². The van der Waals surface area contributed by atoms with Crippen LogP contribution in [-0.4, -0.2) is 60.1 Å². The molecule has 1 aliphatic carbocycles. The molecule has 3 amide bonds. The average Bonchev–Trinajstić information content (AvgIpc) is 3.56. The molecule has 39 heavy (non-hydrogen) atoms. The fraction of sp³-hybridized carbons (Fsp3) is 0.516. The number of carbonyl (C=O) groups is 3. The Morgan fingerprint density at radius 2 is 2.03 bits per heavy atom. The molecule has 4 aliphatic rings. The number of benzene rings is 1. The third-order valence-electron chi connectivity index (χ3n) is 8.69. The average molecular weight is 534 g/mol. The molecule has 1 aromatic carbocycles. The van der Waals surface area contributed by atoms with Crippen LogP contribution in [0.25, 0.3) is 0 Å². The number of ether oxygens (including phenoxy) is 2. The summed E-state index contributed by atoms with van der Waals surface area (Å²) in [5, 5.41) is 6.22. The van der Waals surface area contributed by atoms with Crippen LogP contribution in [0.2, 0.25) is 0 Å². The molecule has 8 heteroatoms. The molecule has 1 spiro atoms. The van der Waals surface area contributed by atoms with Crippen molar-refractivity contribution in [3.05, 3.63) is 60.2 Å². The minimum atomic E-state index is -1.18. The lowest BCUT2D eigenvalue weighted by Gasteiger charge is -2.36. The number of carbonyl (C=O) groups excluding carboxylic acids is 3. The van der Waals surface area contributed by atoms with Gasteiger partial charge < -0.3 is 25.0 Å². The molecule has 2 saturated heterocycles. The molecule has 2 N–H and O–H groups in total. The van der Waals surface area contributed by atoms with Crippen LogP contribution in [0.1, 0.15) is 46.5 Å². The Labute approximate surface area is 230 Å². The largest absolute Gasteiger partial charge is 0.497 e. The topological polar surface area (TPSA) is 97.0 Å². The minimum absolute atomic E-state index is 0.0630. The highest BCUT2D eigenvalue weighted by atomic mass is 16.5. The number of anilines is 1. The molecular weight excluding hydrogens is 494 g/mol. The van der Waals surface area contributed by atoms with Crippen molar-refractivity contribution in [3.63, 3.8) is 0 Å². The second-order valence-corrected chi connectivity index (χ2v) is 11.3. The van der Waals surface area contributed by atoms with Gasteiger partial charge in [-0.15, -0.1) is 0 Å². The summed E-state index contributed by atoms with van der Waals surface area (Å²) >= 11 is 0. The molecule has 0 radical (unpaired) electrons. The number of fused-ring (bicyclic) bond motifs is 1. The minimum Gasteiger partial charge on any atom is -0.497 e. The maximum atomic E-state index is 14.1. The van der Waals surface area contributed by atoms with E-state index in [2.05, 4.69) is 17.6 Å². The molecule has 208 valence electrons. The van der Waals surface area contributed by atoms with Crippen LogP contribution >= 0.6 is 0 Å². The lowest BCUT2D eigenvalue weighted by atomic mass is 9.74. The number of nitrogens with zero attached hydrogens (tertiary/aromatic N) is 1. The standard InChI is InChI=1S/C31H39N3O5/c1-5-6-10-19(2)18-34-27(29(36)33-23-14-8-7-11-20(23)3)31-16-15-24(39-31)25(26(31)30(34)37)28(35)32-21-12-9-13-22(17-21)38-4/h5-6,9-10,12-13,15-17,20,23-27H,7-8,11,14,18H2,1-4H3,(H,32,35)(H,33,36)/b6-5-,19-10+. The monoisotopic (exact) mass is 533 g/mol. The normalized spacial score (nSPS) is 33.5. The number of nitrogens with one attached hydrogen (secondary N) is 2. The van der Waals surface area contributed by atoms with Crippen LogP contribution in [-0.2, 0) is 19.1 Å². The van der Waals surface area contributed by atoms with Gasteiger partial charge in [-0.05, 0) is 44.7 Å². The number of likely N-dealkylation sites (tertiary alicyclic amines) is 1. The maximum absolute atomic E-state index is 14.1. The Morgan fingerprint density at radius 1 is 1.23 bits per heavy atom. The number of allylic oxidation sites excluding steroid dienone is 3. The van der Waals surface area contributed by atoms with Gasteiger partial charge in [-0.25, -0.2) is 0 Å². The van der Waals surface area contributed by atoms with E-state index in [1.807, 2.05) is 44.2 Å². The van der Waals surface area contributed by atoms with Crippen LogP contribution in [0.4, 0.5) is 5.69 Å². The zero-order valence-corrected chi connectivity index (χ0v) is 23.2. The lowest BCUT2D eigenvalue weighted by Crippen LogP contribution is -2.57. The smallest absolute Gasteiger partial charge is 0.246 e. The second-order valence-electron chi connectivity index (χ2n) is 11.3. The van der Waals surface area contributed by atoms with Crippen molar-refractivity contribution in [1.29, 1.82) is 0 Å². The summed E-state index contributed by atoms with van der Waals surface area (Å²) in [5.41, 5.74) is 0.340. The van der Waals surface area contributed by atoms with E-state index in [0.29, 0.717) is 17.4 Å². The lowest BCUT2D eigenvalue weighted by molar-refractivity contribution is -0.141. The summed E-state index contributed by atoms with van der Waals surface area (Å²) in [6, 6.07) is 6.31. The van der Waals surface area contributed by atoms with Gasteiger partial charge >= 0.3 is 0 Å². The van der Waals surface area contributed by atoms with Crippen molar-refractivity contribution in [2.45, 2.75) is 70.2 Å². The molecule has 3 heterocycles. The van der Waals surface area contributed by atoms with E-state index >= 15 is 0 Å². The zero-order valence-electron chi connectivity index (χ0n) is 23.2. The second kappa shape index (κ2) is 11.0. The molecule has 7 unspecified atom stereocenters. The predicted molar refractivity (Wildman–Crippen MR) is 149 cm³/mol. The van der Waals surface area contributed by atoms with Crippen molar-refractivity contribution < 1.29 is 23.9 Å². The van der Waals surface area contributed by atoms with Gasteiger partial charge in [0, 0.05) is 24.3 Å². The zero-order chi connectivity index (χ0) is 27.7. The van der Waals surface area contributed by atoms with Gasteiger partial charge in [0.15, 0.2) is 0 Å². The molecule has 2 bridgehead atoms. The van der Waals surface area contributed by atoms with Crippen LogP contribution in [0.15, 0.2) is 60.2 Å². The molecule has 3 aliphatic heterocycles. The molecule has 1 aromatic rings. The van der Waals surface area contributed by atoms with E-state index < -0.39 is 29.6 Å². The van der Waals surface area contributed by atoms with Crippen molar-refractivity contribution in [2.75, 3.05) is 19.0 Å². The van der Waals surface area contributed by atoms with Gasteiger partial charge in [0.25, 0.3) is 0 Å². The van der Waals surface area contributed by atoms with Crippen LogP contribution in [0, 0.1) is 17.8 Å². The Hall–Kier alpha value is -3.39. The third-order valence-corrected chi connectivity index (χ3v) is 8.69. The Morgan fingerprint density at radius 3 is 2.77 bits per heavy atom. The van der Waals surface area contributed by atoms with Gasteiger partial charge in [-0.2, -0.15) is 0 Å². The molecule has 3 fully saturated rings. The quantitative estimate of drug-likeness (QED) is 0.389. The van der Waals surface area contributed by atoms with E-state index in [-0.39, 0.29) is 30.3 Å². The number of amides is 3. The molecule has 7 atom stereocenters. The molecule has 8 nitrogen and oxygen atoms in total. The fourth-order valence-corrected chi connectivity index (χ4v) is 6.74. The van der Waals surface area contributed by atoms with Gasteiger partial charge in [0.1, 0.15) is 17.4 Å². The summed E-state index contributed by atoms with van der Waals surface area (Å²) in [6.45, 7) is 6.33. The van der Waals surface area contributed by atoms with Gasteiger partial charge in [-0.3, -0.25) is 14.4 Å². The highest BCUT2D eigenvalue weighted by Crippen LogP contribution is 2.55. The number of methoxy groups -OCH3 is 1. The summed E-state index contributed by atoms with van der Waals surface area (Å²) < 4.78 is 11.7. The Kier molecular flexibility index (Phi) is 7.67. The van der Waals surface area contributed by atoms with Gasteiger partial charge in [0.05, 0.1) is 25.0 Å². The van der Waals surface area contributed by atoms with Crippen LogP contribution in [0.5, 0.6) is 5.75 Å². The van der Waals surface area contributed by atoms with Crippen molar-refractivity contribution >= 4 is 23.4 Å². The highest BCUT2D eigenvalue weighted by Gasteiger charge is 2.72. The predicted octanol–water partition coefficient (Wildman–Crippen LogP) is 4.00. The van der Waals surface area contributed by atoms with Gasteiger partial charge in [-0.1, -0.05) is 61.8 Å². The van der Waals surface area contributed by atoms with Gasteiger partial charge in [0.2, 0.25) is 17.7 Å². The molecule has 1 saturated carbocycles. The first-order chi connectivity index (χ1) is 18.8. The maximum Gasteiger partial charge on any atom is 0.246 e. The van der Waals surface area contributed by atoms with Crippen LogP contribution in [0.3, 0.4) is 0 Å². The Bertz CT molecular complexity index is 1220. The third kappa shape index (κ3) is 4.91. The number of rotatable bonds is 8. The summed E-state index contributed by atoms with van der Waals surface area (Å²) in [5.74, 6) is -1.28. The van der Waals surface area contributed by atoms with E-state index in [1.165, 1.54) is 6.42 Å². The SMILES string of the molecule is C/C=C\C=C(/C)CN1C(=O)C2C(C(=O)Nc3cccc(OC)c3)C3C=CC2(O3)C1C(=O)NC1CCCCC1C. The fourth-order valence-electron chi connectivity index (χ4n) is 6.74. The van der Waals surface area contributed by atoms with Crippen molar-refractivity contribution in [3.8, 4) is 5.75 Å². The van der Waals surface area contributed by atoms with E-state index in [1.54, 1.807) is 36.3 Å². The van der Waals surface area contributed by atoms with E-state index in [9.17, 15) is 14.4 Å². The molecule has 0 aromatic heterocycles. The number of hydrogen-bond acceptors (Lipinski definition) is 5. The highest BCUT2D eigenvalue weighted by molar-refractivity contribution is 6.03. The first-order valence-corrected chi connectivity index (χ1v) is 14.0. The van der Waals surface area contributed by atoms with E-state index in [4.69, 9.17) is 9.47 Å². The summed E-state index contributed by atoms with van der Waals surface area (Å²) in [4.78, 5) is 43.4. The van der Waals surface area contributed by atoms with E-state index in [0.717, 1.165) is 24.8 Å². The summed E-state index contributed by atoms with van der Waals surface area (Å²) in [7, 11) is 1.57. The molecule has 5 rings (SSSR count). The molecular formula is C31H39N3O5. The number of hydrogen-bond donors (Lipinski definition) is 2. The first kappa shape index (κ1) is 27.2. The van der Waals surface area contributed by atoms with Crippen LogP contribution < -0.4 is 15.4 Å².